The zero-order chi connectivity index (χ0) is 10.6. The van der Waals surface area contributed by atoms with Gasteiger partial charge >= 0.3 is 0 Å². The average molecular weight is 212 g/mol. The molecule has 0 aliphatic carbocycles. The second-order valence-electron chi connectivity index (χ2n) is 3.25. The summed E-state index contributed by atoms with van der Waals surface area (Å²) >= 11 is 0. The van der Waals surface area contributed by atoms with Crippen LogP contribution in [0.3, 0.4) is 0 Å². The molecule has 15 heavy (non-hydrogen) atoms. The fraction of sp³-hybridized carbons (Fsp3) is 0.636. The van der Waals surface area contributed by atoms with Crippen LogP contribution in [0.15, 0.2) is 24.7 Å². The van der Waals surface area contributed by atoms with Crippen molar-refractivity contribution in [3.8, 4) is 0 Å². The van der Waals surface area contributed by atoms with Crippen molar-refractivity contribution in [2.45, 2.75) is 6.42 Å². The molecule has 1 aliphatic heterocycles. The van der Waals surface area contributed by atoms with E-state index in [-0.39, 0.29) is 0 Å². The first-order valence-corrected chi connectivity index (χ1v) is 5.45. The molecular formula is C11H20N2O2. The molecule has 0 bridgehead atoms. The maximum Gasteiger partial charge on any atom is 0.121 e. The number of ether oxygens (including phenoxy) is 2. The zero-order valence-electron chi connectivity index (χ0n) is 9.08. The van der Waals surface area contributed by atoms with Gasteiger partial charge in [0.15, 0.2) is 0 Å². The second kappa shape index (κ2) is 9.55. The van der Waals surface area contributed by atoms with E-state index in [2.05, 4.69) is 10.6 Å². The van der Waals surface area contributed by atoms with Crippen LogP contribution in [0.25, 0.3) is 0 Å². The molecule has 4 heteroatoms. The Morgan fingerprint density at radius 1 is 0.800 bits per heavy atom. The highest BCUT2D eigenvalue weighted by Gasteiger charge is 1.87. The highest BCUT2D eigenvalue weighted by Crippen LogP contribution is 1.83. The SMILES string of the molecule is C1=COCCOC=CCNCCCNC1. The second-order valence-corrected chi connectivity index (χ2v) is 3.25. The highest BCUT2D eigenvalue weighted by molar-refractivity contribution is 4.78. The Kier molecular flexibility index (Phi) is 7.69. The van der Waals surface area contributed by atoms with Gasteiger partial charge in [-0.05, 0) is 31.7 Å². The van der Waals surface area contributed by atoms with Gasteiger partial charge < -0.3 is 20.1 Å². The van der Waals surface area contributed by atoms with Crippen molar-refractivity contribution < 1.29 is 9.47 Å². The first-order chi connectivity index (χ1) is 7.50. The fourth-order valence-electron chi connectivity index (χ4n) is 1.17. The average Bonchev–Trinajstić information content (AvgIpc) is 2.27. The minimum atomic E-state index is 0.592. The monoisotopic (exact) mass is 212 g/mol. The molecule has 4 nitrogen and oxygen atoms in total. The summed E-state index contributed by atoms with van der Waals surface area (Å²) < 4.78 is 10.4. The smallest absolute Gasteiger partial charge is 0.121 e. The maximum absolute atomic E-state index is 5.21. The zero-order valence-corrected chi connectivity index (χ0v) is 9.08. The Balaban J connectivity index is 2.15. The summed E-state index contributed by atoms with van der Waals surface area (Å²) in [5, 5.41) is 6.60. The lowest BCUT2D eigenvalue weighted by atomic mass is 10.4. The van der Waals surface area contributed by atoms with Crippen LogP contribution in [0.1, 0.15) is 6.42 Å². The summed E-state index contributed by atoms with van der Waals surface area (Å²) in [6, 6.07) is 0. The Labute approximate surface area is 91.3 Å². The number of nitrogens with one attached hydrogen (secondary N) is 2. The third kappa shape index (κ3) is 8.03. The highest BCUT2D eigenvalue weighted by atomic mass is 16.5. The molecule has 1 aliphatic rings. The molecule has 0 saturated carbocycles. The number of rotatable bonds is 0. The Bertz CT molecular complexity index is 173. The number of hydrogen-bond donors (Lipinski definition) is 2. The van der Waals surface area contributed by atoms with Crippen molar-refractivity contribution >= 4 is 0 Å². The lowest BCUT2D eigenvalue weighted by Gasteiger charge is -2.02. The Hall–Kier alpha value is -1.00. The van der Waals surface area contributed by atoms with Crippen LogP contribution < -0.4 is 10.6 Å². The summed E-state index contributed by atoms with van der Waals surface area (Å²) in [5.74, 6) is 0. The molecule has 0 unspecified atom stereocenters. The van der Waals surface area contributed by atoms with E-state index < -0.39 is 0 Å². The van der Waals surface area contributed by atoms with Crippen LogP contribution in [-0.4, -0.2) is 39.4 Å². The van der Waals surface area contributed by atoms with Gasteiger partial charge in [0.2, 0.25) is 0 Å². The largest absolute Gasteiger partial charge is 0.498 e. The van der Waals surface area contributed by atoms with Gasteiger partial charge in [0, 0.05) is 13.1 Å². The van der Waals surface area contributed by atoms with Gasteiger partial charge in [0.25, 0.3) is 0 Å². The standard InChI is InChI=1S/C11H20N2O2/c1-4-12-6-2-8-14-10-11-15-9-3-7-13-5-1/h2-3,8-9,12-13H,1,4-7,10-11H2. The number of hydrogen-bond acceptors (Lipinski definition) is 4. The van der Waals surface area contributed by atoms with Crippen molar-refractivity contribution in [1.29, 1.82) is 0 Å². The van der Waals surface area contributed by atoms with Gasteiger partial charge in [0.1, 0.15) is 13.2 Å². The summed E-state index contributed by atoms with van der Waals surface area (Å²) in [4.78, 5) is 0. The Morgan fingerprint density at radius 3 is 1.87 bits per heavy atom. The quantitative estimate of drug-likeness (QED) is 0.618. The van der Waals surface area contributed by atoms with Gasteiger partial charge in [0.05, 0.1) is 12.5 Å². The van der Waals surface area contributed by atoms with E-state index in [1.807, 2.05) is 12.2 Å². The Morgan fingerprint density at radius 2 is 1.33 bits per heavy atom. The molecule has 0 amide bonds. The van der Waals surface area contributed by atoms with E-state index >= 15 is 0 Å². The lowest BCUT2D eigenvalue weighted by molar-refractivity contribution is 0.149. The van der Waals surface area contributed by atoms with Gasteiger partial charge in [-0.3, -0.25) is 0 Å². The predicted octanol–water partition coefficient (Wildman–Crippen LogP) is 0.630. The van der Waals surface area contributed by atoms with E-state index in [1.54, 1.807) is 12.5 Å². The first kappa shape index (κ1) is 12.1. The van der Waals surface area contributed by atoms with Gasteiger partial charge in [-0.25, -0.2) is 0 Å². The van der Waals surface area contributed by atoms with Crippen LogP contribution in [0, 0.1) is 0 Å². The molecule has 0 aromatic rings. The van der Waals surface area contributed by atoms with Gasteiger partial charge in [-0.2, -0.15) is 0 Å². The first-order valence-electron chi connectivity index (χ1n) is 5.45. The topological polar surface area (TPSA) is 42.5 Å². The van der Waals surface area contributed by atoms with E-state index in [1.165, 1.54) is 0 Å². The van der Waals surface area contributed by atoms with Crippen molar-refractivity contribution in [1.82, 2.24) is 10.6 Å². The summed E-state index contributed by atoms with van der Waals surface area (Å²) in [5.41, 5.74) is 0. The molecular weight excluding hydrogens is 192 g/mol. The van der Waals surface area contributed by atoms with Gasteiger partial charge in [-0.1, -0.05) is 0 Å². The van der Waals surface area contributed by atoms with Crippen molar-refractivity contribution in [2.75, 3.05) is 39.4 Å². The molecule has 0 fully saturated rings. The van der Waals surface area contributed by atoms with Gasteiger partial charge in [-0.15, -0.1) is 0 Å². The third-order valence-electron chi connectivity index (χ3n) is 1.94. The third-order valence-corrected chi connectivity index (χ3v) is 1.94. The van der Waals surface area contributed by atoms with E-state index in [4.69, 9.17) is 9.47 Å². The lowest BCUT2D eigenvalue weighted by Crippen LogP contribution is -2.22. The van der Waals surface area contributed by atoms with E-state index in [0.717, 1.165) is 32.6 Å². The van der Waals surface area contributed by atoms with Crippen molar-refractivity contribution in [3.05, 3.63) is 24.7 Å². The van der Waals surface area contributed by atoms with Crippen LogP contribution in [-0.2, 0) is 9.47 Å². The normalized spacial score (nSPS) is 20.8. The van der Waals surface area contributed by atoms with E-state index in [0.29, 0.717) is 13.2 Å². The molecule has 86 valence electrons. The van der Waals surface area contributed by atoms with Crippen LogP contribution in [0.4, 0.5) is 0 Å². The fourth-order valence-corrected chi connectivity index (χ4v) is 1.17. The summed E-state index contributed by atoms with van der Waals surface area (Å²) in [7, 11) is 0. The minimum Gasteiger partial charge on any atom is -0.498 e. The van der Waals surface area contributed by atoms with Crippen molar-refractivity contribution in [2.24, 2.45) is 0 Å². The maximum atomic E-state index is 5.21. The molecule has 0 spiro atoms. The molecule has 0 aromatic carbocycles. The molecule has 0 radical (unpaired) electrons. The van der Waals surface area contributed by atoms with Crippen LogP contribution in [0.5, 0.6) is 0 Å². The minimum absolute atomic E-state index is 0.592. The predicted molar refractivity (Wildman–Crippen MR) is 60.5 cm³/mol. The van der Waals surface area contributed by atoms with Crippen LogP contribution >= 0.6 is 0 Å². The summed E-state index contributed by atoms with van der Waals surface area (Å²) in [6.07, 6.45) is 8.52. The molecule has 2 N–H and O–H groups in total. The molecule has 1 rings (SSSR count). The van der Waals surface area contributed by atoms with Crippen LogP contribution in [0.2, 0.25) is 0 Å². The molecule has 0 saturated heterocycles. The van der Waals surface area contributed by atoms with E-state index in [9.17, 15) is 0 Å². The molecule has 0 atom stereocenters. The van der Waals surface area contributed by atoms with Crippen molar-refractivity contribution in [3.63, 3.8) is 0 Å². The summed E-state index contributed by atoms with van der Waals surface area (Å²) in [6.45, 7) is 4.95. The molecule has 1 heterocycles. The molecule has 0 aromatic heterocycles.